The molecule has 1 N–H and O–H groups in total. The quantitative estimate of drug-likeness (QED) is 0.843. The SMILES string of the molecule is FC(F)(F)c1nsc(NCC2(CCCl)CC2)n1. The van der Waals surface area contributed by atoms with Crippen LogP contribution in [0.4, 0.5) is 18.3 Å². The summed E-state index contributed by atoms with van der Waals surface area (Å²) in [6.07, 6.45) is -1.45. The summed E-state index contributed by atoms with van der Waals surface area (Å²) in [6, 6.07) is 0. The predicted octanol–water partition coefficient (Wildman–Crippen LogP) is 3.38. The molecule has 1 aromatic heterocycles. The van der Waals surface area contributed by atoms with Crippen LogP contribution in [-0.2, 0) is 6.18 Å². The molecule has 1 saturated carbocycles. The number of anilines is 1. The minimum Gasteiger partial charge on any atom is -0.360 e. The van der Waals surface area contributed by atoms with Crippen molar-refractivity contribution < 1.29 is 13.2 Å². The molecule has 0 unspecified atom stereocenters. The molecule has 0 atom stereocenters. The standard InChI is InChI=1S/C9H11ClF3N3S/c10-4-3-8(1-2-8)5-14-7-15-6(16-17-7)9(11,12)13/h1-5H2,(H,14,15,16). The van der Waals surface area contributed by atoms with E-state index >= 15 is 0 Å². The first-order valence-corrected chi connectivity index (χ1v) is 6.47. The van der Waals surface area contributed by atoms with E-state index in [1.807, 2.05) is 0 Å². The summed E-state index contributed by atoms with van der Waals surface area (Å²) in [6.45, 7) is 0.617. The van der Waals surface area contributed by atoms with E-state index in [0.29, 0.717) is 12.4 Å². The third-order valence-corrected chi connectivity index (χ3v) is 3.74. The van der Waals surface area contributed by atoms with Gasteiger partial charge in [0.15, 0.2) is 0 Å². The van der Waals surface area contributed by atoms with Gasteiger partial charge in [-0.3, -0.25) is 0 Å². The maximum atomic E-state index is 12.2. The van der Waals surface area contributed by atoms with E-state index in [2.05, 4.69) is 14.7 Å². The van der Waals surface area contributed by atoms with Crippen LogP contribution in [0.1, 0.15) is 25.1 Å². The Morgan fingerprint density at radius 3 is 2.59 bits per heavy atom. The lowest BCUT2D eigenvalue weighted by molar-refractivity contribution is -0.144. The fraction of sp³-hybridized carbons (Fsp3) is 0.778. The minimum absolute atomic E-state index is 0.159. The summed E-state index contributed by atoms with van der Waals surface area (Å²) in [4.78, 5) is 3.41. The molecule has 1 aliphatic rings. The zero-order valence-electron chi connectivity index (χ0n) is 8.85. The van der Waals surface area contributed by atoms with Crippen LogP contribution in [-0.4, -0.2) is 21.8 Å². The zero-order valence-corrected chi connectivity index (χ0v) is 10.4. The number of nitrogens with zero attached hydrogens (tertiary/aromatic N) is 2. The van der Waals surface area contributed by atoms with Crippen molar-refractivity contribution in [3.05, 3.63) is 5.82 Å². The third kappa shape index (κ3) is 3.22. The molecule has 0 spiro atoms. The highest BCUT2D eigenvalue weighted by Crippen LogP contribution is 2.49. The van der Waals surface area contributed by atoms with Gasteiger partial charge in [-0.2, -0.15) is 22.5 Å². The Balaban J connectivity index is 1.90. The molecule has 3 nitrogen and oxygen atoms in total. The Hall–Kier alpha value is -0.560. The van der Waals surface area contributed by atoms with Gasteiger partial charge in [0, 0.05) is 24.0 Å². The van der Waals surface area contributed by atoms with Crippen molar-refractivity contribution in [2.24, 2.45) is 5.41 Å². The van der Waals surface area contributed by atoms with Crippen LogP contribution in [0.3, 0.4) is 0 Å². The van der Waals surface area contributed by atoms with Crippen molar-refractivity contribution in [1.29, 1.82) is 0 Å². The largest absolute Gasteiger partial charge is 0.452 e. The van der Waals surface area contributed by atoms with E-state index in [-0.39, 0.29) is 10.5 Å². The summed E-state index contributed by atoms with van der Waals surface area (Å²) >= 11 is 6.41. The highest BCUT2D eigenvalue weighted by atomic mass is 35.5. The Morgan fingerprint density at radius 1 is 1.41 bits per heavy atom. The molecule has 8 heteroatoms. The van der Waals surface area contributed by atoms with Crippen molar-refractivity contribution in [3.8, 4) is 0 Å². The van der Waals surface area contributed by atoms with Gasteiger partial charge in [-0.15, -0.1) is 11.6 Å². The molecule has 2 rings (SSSR count). The average molecular weight is 286 g/mol. The summed E-state index contributed by atoms with van der Waals surface area (Å²) in [5.41, 5.74) is 0.159. The highest BCUT2D eigenvalue weighted by molar-refractivity contribution is 7.09. The lowest BCUT2D eigenvalue weighted by Crippen LogP contribution is -2.16. The lowest BCUT2D eigenvalue weighted by atomic mass is 10.0. The van der Waals surface area contributed by atoms with Gasteiger partial charge in [0.2, 0.25) is 11.0 Å². The monoisotopic (exact) mass is 285 g/mol. The Bertz CT molecular complexity index is 389. The van der Waals surface area contributed by atoms with Crippen molar-refractivity contribution in [1.82, 2.24) is 9.36 Å². The number of hydrogen-bond acceptors (Lipinski definition) is 4. The molecule has 96 valence electrons. The smallest absolute Gasteiger partial charge is 0.360 e. The van der Waals surface area contributed by atoms with Crippen LogP contribution in [0.25, 0.3) is 0 Å². The van der Waals surface area contributed by atoms with E-state index in [1.54, 1.807) is 0 Å². The van der Waals surface area contributed by atoms with Crippen LogP contribution in [0.5, 0.6) is 0 Å². The summed E-state index contributed by atoms with van der Waals surface area (Å²) in [5.74, 6) is -0.502. The number of rotatable bonds is 5. The van der Waals surface area contributed by atoms with Gasteiger partial charge in [-0.25, -0.2) is 0 Å². The first-order valence-electron chi connectivity index (χ1n) is 5.16. The third-order valence-electron chi connectivity index (χ3n) is 2.88. The summed E-state index contributed by atoms with van der Waals surface area (Å²) in [5, 5.41) is 3.13. The van der Waals surface area contributed by atoms with Crippen molar-refractivity contribution in [2.75, 3.05) is 17.7 Å². The molecule has 0 saturated heterocycles. The number of aromatic nitrogens is 2. The molecule has 0 bridgehead atoms. The van der Waals surface area contributed by atoms with Gasteiger partial charge < -0.3 is 5.32 Å². The van der Waals surface area contributed by atoms with Gasteiger partial charge in [0.25, 0.3) is 0 Å². The molecule has 1 heterocycles. The Labute approximate surface area is 106 Å². The first-order chi connectivity index (χ1) is 7.95. The molecule has 1 aromatic rings. The molecule has 17 heavy (non-hydrogen) atoms. The maximum absolute atomic E-state index is 12.2. The molecular formula is C9H11ClF3N3S. The van der Waals surface area contributed by atoms with Crippen LogP contribution < -0.4 is 5.32 Å². The van der Waals surface area contributed by atoms with Gasteiger partial charge in [-0.05, 0) is 24.7 Å². The average Bonchev–Trinajstić information content (AvgIpc) is 2.82. The predicted molar refractivity (Wildman–Crippen MR) is 60.4 cm³/mol. The van der Waals surface area contributed by atoms with Gasteiger partial charge in [-0.1, -0.05) is 0 Å². The molecule has 0 aliphatic heterocycles. The topological polar surface area (TPSA) is 37.8 Å². The Kier molecular flexibility index (Phi) is 3.49. The molecule has 0 aromatic carbocycles. The molecule has 1 fully saturated rings. The van der Waals surface area contributed by atoms with Gasteiger partial charge >= 0.3 is 6.18 Å². The van der Waals surface area contributed by atoms with E-state index in [1.165, 1.54) is 0 Å². The number of hydrogen-bond donors (Lipinski definition) is 1. The number of halogens is 4. The van der Waals surface area contributed by atoms with Crippen LogP contribution in [0, 0.1) is 5.41 Å². The second-order valence-corrected chi connectivity index (χ2v) is 5.34. The van der Waals surface area contributed by atoms with E-state index in [0.717, 1.165) is 30.8 Å². The number of nitrogens with one attached hydrogen (secondary N) is 1. The highest BCUT2D eigenvalue weighted by Gasteiger charge is 2.42. The Morgan fingerprint density at radius 2 is 2.12 bits per heavy atom. The van der Waals surface area contributed by atoms with Crippen LogP contribution >= 0.6 is 23.1 Å². The number of alkyl halides is 4. The second kappa shape index (κ2) is 4.61. The van der Waals surface area contributed by atoms with E-state index < -0.39 is 12.0 Å². The van der Waals surface area contributed by atoms with Crippen LogP contribution in [0.15, 0.2) is 0 Å². The second-order valence-electron chi connectivity index (χ2n) is 4.21. The van der Waals surface area contributed by atoms with Gasteiger partial charge in [0.1, 0.15) is 0 Å². The van der Waals surface area contributed by atoms with Crippen LogP contribution in [0.2, 0.25) is 0 Å². The molecular weight excluding hydrogens is 275 g/mol. The first kappa shape index (κ1) is 12.9. The van der Waals surface area contributed by atoms with E-state index in [4.69, 9.17) is 11.6 Å². The molecule has 1 aliphatic carbocycles. The fourth-order valence-electron chi connectivity index (χ4n) is 1.57. The van der Waals surface area contributed by atoms with E-state index in [9.17, 15) is 13.2 Å². The summed E-state index contributed by atoms with van der Waals surface area (Å²) in [7, 11) is 0. The van der Waals surface area contributed by atoms with Crippen molar-refractivity contribution >= 4 is 28.3 Å². The maximum Gasteiger partial charge on any atom is 0.452 e. The molecule has 0 radical (unpaired) electrons. The van der Waals surface area contributed by atoms with Crippen molar-refractivity contribution in [2.45, 2.75) is 25.4 Å². The lowest BCUT2D eigenvalue weighted by Gasteiger charge is -2.13. The van der Waals surface area contributed by atoms with Gasteiger partial charge in [0.05, 0.1) is 0 Å². The molecule has 0 amide bonds. The summed E-state index contributed by atoms with van der Waals surface area (Å²) < 4.78 is 40.0. The normalized spacial score (nSPS) is 18.1. The fourth-order valence-corrected chi connectivity index (χ4v) is 2.55. The van der Waals surface area contributed by atoms with Crippen molar-refractivity contribution in [3.63, 3.8) is 0 Å². The zero-order chi connectivity index (χ0) is 12.5. The minimum atomic E-state index is -4.47.